The molecule has 0 aromatic heterocycles. The first kappa shape index (κ1) is 16.2. The topological polar surface area (TPSA) is 104 Å². The minimum atomic E-state index is -4.12. The van der Waals surface area contributed by atoms with Gasteiger partial charge in [-0.25, -0.2) is 8.42 Å². The summed E-state index contributed by atoms with van der Waals surface area (Å²) in [5.41, 5.74) is 0. The molecule has 9 heteroatoms. The number of nitrogens with one attached hydrogen (secondary N) is 1. The molecule has 2 atom stereocenters. The van der Waals surface area contributed by atoms with Gasteiger partial charge in [0.15, 0.2) is 0 Å². The van der Waals surface area contributed by atoms with Gasteiger partial charge in [0.05, 0.1) is 21.0 Å². The number of hydrogen-bond donors (Lipinski definition) is 3. The third-order valence-electron chi connectivity index (χ3n) is 2.23. The van der Waals surface area contributed by atoms with E-state index < -0.39 is 28.1 Å². The molecule has 1 aromatic rings. The van der Waals surface area contributed by atoms with E-state index in [1.165, 1.54) is 12.1 Å². The Morgan fingerprint density at radius 3 is 2.32 bits per heavy atom. The molecule has 3 N–H and O–H groups in total. The number of aliphatic hydroxyl groups is 1. The normalized spacial score (nSPS) is 14.9. The van der Waals surface area contributed by atoms with Crippen molar-refractivity contribution in [2.45, 2.75) is 24.0 Å². The predicted octanol–water partition coefficient (Wildman–Crippen LogP) is 1.11. The number of rotatable bonds is 5. The van der Waals surface area contributed by atoms with Gasteiger partial charge in [-0.1, -0.05) is 23.2 Å². The SMILES string of the molecule is C[C@H](O)[C@@H](NS(=O)(=O)c1ccc(Cl)c(Cl)c1)C(=O)O. The number of hydrogen-bond acceptors (Lipinski definition) is 4. The van der Waals surface area contributed by atoms with Crippen LogP contribution in [0.5, 0.6) is 0 Å². The number of sulfonamides is 1. The second kappa shape index (κ2) is 6.06. The standard InChI is InChI=1S/C10H11Cl2NO5S/c1-5(14)9(10(15)16)13-19(17,18)6-2-3-7(11)8(12)4-6/h2-5,9,13-14H,1H3,(H,15,16)/t5-,9+/m0/s1. The first-order valence-corrected chi connectivity index (χ1v) is 7.27. The molecule has 6 nitrogen and oxygen atoms in total. The van der Waals surface area contributed by atoms with Gasteiger partial charge in [-0.15, -0.1) is 0 Å². The van der Waals surface area contributed by atoms with Crippen LogP contribution < -0.4 is 4.72 Å². The van der Waals surface area contributed by atoms with E-state index in [1.807, 2.05) is 4.72 Å². The molecular formula is C10H11Cl2NO5S. The summed E-state index contributed by atoms with van der Waals surface area (Å²) in [5, 5.41) is 18.2. The van der Waals surface area contributed by atoms with Gasteiger partial charge in [-0.3, -0.25) is 4.79 Å². The van der Waals surface area contributed by atoms with Crippen LogP contribution in [0.2, 0.25) is 10.0 Å². The highest BCUT2D eigenvalue weighted by molar-refractivity contribution is 7.89. The van der Waals surface area contributed by atoms with Gasteiger partial charge < -0.3 is 10.2 Å². The maximum atomic E-state index is 11.9. The monoisotopic (exact) mass is 327 g/mol. The van der Waals surface area contributed by atoms with E-state index in [0.29, 0.717) is 0 Å². The van der Waals surface area contributed by atoms with Crippen molar-refractivity contribution in [1.29, 1.82) is 0 Å². The predicted molar refractivity (Wildman–Crippen MR) is 69.9 cm³/mol. The Morgan fingerprint density at radius 2 is 1.89 bits per heavy atom. The first-order valence-electron chi connectivity index (χ1n) is 5.03. The third kappa shape index (κ3) is 4.05. The molecule has 1 rings (SSSR count). The van der Waals surface area contributed by atoms with Gasteiger partial charge in [-0.05, 0) is 25.1 Å². The molecule has 106 valence electrons. The van der Waals surface area contributed by atoms with Crippen LogP contribution in [0, 0.1) is 0 Å². The smallest absolute Gasteiger partial charge is 0.324 e. The zero-order chi connectivity index (χ0) is 14.8. The fourth-order valence-electron chi connectivity index (χ4n) is 1.23. The van der Waals surface area contributed by atoms with Gasteiger partial charge in [0.2, 0.25) is 10.0 Å². The zero-order valence-corrected chi connectivity index (χ0v) is 12.0. The Balaban J connectivity index is 3.10. The average molecular weight is 328 g/mol. The quantitative estimate of drug-likeness (QED) is 0.751. The van der Waals surface area contributed by atoms with Gasteiger partial charge in [-0.2, -0.15) is 4.72 Å². The molecule has 1 aromatic carbocycles. The molecule has 0 bridgehead atoms. The molecule has 0 unspecified atom stereocenters. The highest BCUT2D eigenvalue weighted by Gasteiger charge is 2.29. The van der Waals surface area contributed by atoms with Crippen LogP contribution in [0.1, 0.15) is 6.92 Å². The lowest BCUT2D eigenvalue weighted by Gasteiger charge is -2.17. The van der Waals surface area contributed by atoms with Crippen LogP contribution in [0.4, 0.5) is 0 Å². The molecule has 0 amide bonds. The van der Waals surface area contributed by atoms with Crippen molar-refractivity contribution >= 4 is 39.2 Å². The van der Waals surface area contributed by atoms with Crippen LogP contribution in [0.15, 0.2) is 23.1 Å². The van der Waals surface area contributed by atoms with Crippen molar-refractivity contribution in [3.05, 3.63) is 28.2 Å². The van der Waals surface area contributed by atoms with Crippen molar-refractivity contribution in [2.75, 3.05) is 0 Å². The lowest BCUT2D eigenvalue weighted by Crippen LogP contribution is -2.47. The number of halogens is 2. The maximum absolute atomic E-state index is 11.9. The lowest BCUT2D eigenvalue weighted by atomic mass is 10.2. The molecule has 0 radical (unpaired) electrons. The number of carboxylic acid groups (broad SMARTS) is 1. The van der Waals surface area contributed by atoms with Crippen LogP contribution in [-0.4, -0.2) is 36.7 Å². The molecule has 0 saturated carbocycles. The molecule has 0 heterocycles. The summed E-state index contributed by atoms with van der Waals surface area (Å²) in [6, 6.07) is 1.89. The molecule has 0 saturated heterocycles. The largest absolute Gasteiger partial charge is 0.480 e. The Bertz CT molecular complexity index is 588. The number of benzene rings is 1. The Morgan fingerprint density at radius 1 is 1.32 bits per heavy atom. The Hall–Kier alpha value is -0.860. The van der Waals surface area contributed by atoms with E-state index in [0.717, 1.165) is 13.0 Å². The van der Waals surface area contributed by atoms with E-state index in [2.05, 4.69) is 0 Å². The molecule has 0 fully saturated rings. The summed E-state index contributed by atoms with van der Waals surface area (Å²) in [6.45, 7) is 1.16. The van der Waals surface area contributed by atoms with E-state index in [-0.39, 0.29) is 14.9 Å². The zero-order valence-electron chi connectivity index (χ0n) is 9.67. The molecule has 0 aliphatic rings. The summed E-state index contributed by atoms with van der Waals surface area (Å²) in [5.74, 6) is -1.49. The van der Waals surface area contributed by atoms with Crippen molar-refractivity contribution in [3.8, 4) is 0 Å². The molecular weight excluding hydrogens is 317 g/mol. The lowest BCUT2D eigenvalue weighted by molar-refractivity contribution is -0.141. The summed E-state index contributed by atoms with van der Waals surface area (Å²) < 4.78 is 25.7. The first-order chi connectivity index (χ1) is 8.65. The van der Waals surface area contributed by atoms with Gasteiger partial charge in [0, 0.05) is 0 Å². The summed E-state index contributed by atoms with van der Waals surface area (Å²) in [6.07, 6.45) is -1.39. The van der Waals surface area contributed by atoms with Crippen molar-refractivity contribution in [3.63, 3.8) is 0 Å². The minimum absolute atomic E-state index is 0.0217. The van der Waals surface area contributed by atoms with E-state index in [1.54, 1.807) is 0 Å². The summed E-state index contributed by atoms with van der Waals surface area (Å²) in [7, 11) is -4.12. The van der Waals surface area contributed by atoms with Gasteiger partial charge in [0.1, 0.15) is 6.04 Å². The fourth-order valence-corrected chi connectivity index (χ4v) is 2.89. The molecule has 0 spiro atoms. The number of aliphatic hydroxyl groups excluding tert-OH is 1. The number of aliphatic carboxylic acids is 1. The summed E-state index contributed by atoms with van der Waals surface area (Å²) >= 11 is 11.3. The number of carbonyl (C=O) groups is 1. The maximum Gasteiger partial charge on any atom is 0.324 e. The van der Waals surface area contributed by atoms with Crippen LogP contribution >= 0.6 is 23.2 Å². The fraction of sp³-hybridized carbons (Fsp3) is 0.300. The van der Waals surface area contributed by atoms with E-state index >= 15 is 0 Å². The highest BCUT2D eigenvalue weighted by atomic mass is 35.5. The van der Waals surface area contributed by atoms with Gasteiger partial charge in [0.25, 0.3) is 0 Å². The minimum Gasteiger partial charge on any atom is -0.480 e. The third-order valence-corrected chi connectivity index (χ3v) is 4.41. The summed E-state index contributed by atoms with van der Waals surface area (Å²) in [4.78, 5) is 10.6. The second-order valence-electron chi connectivity index (χ2n) is 3.75. The van der Waals surface area contributed by atoms with Crippen molar-refractivity contribution < 1.29 is 23.4 Å². The van der Waals surface area contributed by atoms with E-state index in [9.17, 15) is 18.3 Å². The second-order valence-corrected chi connectivity index (χ2v) is 6.28. The van der Waals surface area contributed by atoms with Crippen LogP contribution in [-0.2, 0) is 14.8 Å². The van der Waals surface area contributed by atoms with E-state index in [4.69, 9.17) is 28.3 Å². The molecule has 0 aliphatic heterocycles. The molecule has 0 aliphatic carbocycles. The Kier molecular flexibility index (Phi) is 5.17. The average Bonchev–Trinajstić information content (AvgIpc) is 2.28. The van der Waals surface area contributed by atoms with Crippen molar-refractivity contribution in [1.82, 2.24) is 4.72 Å². The van der Waals surface area contributed by atoms with Crippen LogP contribution in [0.25, 0.3) is 0 Å². The highest BCUT2D eigenvalue weighted by Crippen LogP contribution is 2.24. The number of carboxylic acids is 1. The van der Waals surface area contributed by atoms with Gasteiger partial charge >= 0.3 is 5.97 Å². The Labute approximate surface area is 120 Å². The molecule has 19 heavy (non-hydrogen) atoms. The van der Waals surface area contributed by atoms with Crippen LogP contribution in [0.3, 0.4) is 0 Å². The van der Waals surface area contributed by atoms with Crippen molar-refractivity contribution in [2.24, 2.45) is 0 Å².